The summed E-state index contributed by atoms with van der Waals surface area (Å²) in [4.78, 5) is 25.8. The zero-order chi connectivity index (χ0) is 15.8. The highest BCUT2D eigenvalue weighted by Crippen LogP contribution is 2.10. The van der Waals surface area contributed by atoms with Crippen molar-refractivity contribution in [3.05, 3.63) is 22.1 Å². The standard InChI is InChI=1S/C13H23N5O3/c1-3-4-5-11(8-14)16-13(19)6-7-17-9-12(18(20)21)15-10(17)2/h9,11H,3-8,14H2,1-2H3,(H,16,19). The van der Waals surface area contributed by atoms with Crippen LogP contribution in [0.3, 0.4) is 0 Å². The second kappa shape index (κ2) is 8.35. The van der Waals surface area contributed by atoms with Crippen LogP contribution in [0.4, 0.5) is 5.82 Å². The van der Waals surface area contributed by atoms with Crippen LogP contribution < -0.4 is 11.1 Å². The van der Waals surface area contributed by atoms with Crippen LogP contribution in [0.1, 0.15) is 38.4 Å². The third-order valence-corrected chi connectivity index (χ3v) is 3.29. The lowest BCUT2D eigenvalue weighted by Gasteiger charge is -2.16. The summed E-state index contributed by atoms with van der Waals surface area (Å²) < 4.78 is 1.61. The number of aryl methyl sites for hydroxylation is 2. The van der Waals surface area contributed by atoms with E-state index in [2.05, 4.69) is 17.2 Å². The molecule has 0 bridgehead atoms. The van der Waals surface area contributed by atoms with E-state index in [1.165, 1.54) is 6.20 Å². The van der Waals surface area contributed by atoms with Gasteiger partial charge in [-0.05, 0) is 16.3 Å². The molecule has 1 amide bonds. The number of rotatable bonds is 9. The largest absolute Gasteiger partial charge is 0.381 e. The molecule has 0 saturated heterocycles. The molecule has 1 aromatic rings. The van der Waals surface area contributed by atoms with Crippen LogP contribution in [0, 0.1) is 17.0 Å². The number of amides is 1. The Morgan fingerprint density at radius 2 is 2.33 bits per heavy atom. The van der Waals surface area contributed by atoms with Crippen molar-refractivity contribution < 1.29 is 9.72 Å². The number of nitrogens with zero attached hydrogens (tertiary/aromatic N) is 3. The first-order valence-electron chi connectivity index (χ1n) is 7.15. The van der Waals surface area contributed by atoms with Crippen LogP contribution in [-0.2, 0) is 11.3 Å². The molecule has 1 heterocycles. The van der Waals surface area contributed by atoms with Gasteiger partial charge in [0.05, 0.1) is 0 Å². The van der Waals surface area contributed by atoms with Gasteiger partial charge in [-0.2, -0.15) is 0 Å². The lowest BCUT2D eigenvalue weighted by Crippen LogP contribution is -2.40. The molecule has 1 rings (SSSR count). The number of nitrogens with one attached hydrogen (secondary N) is 1. The zero-order valence-corrected chi connectivity index (χ0v) is 12.5. The van der Waals surface area contributed by atoms with Gasteiger partial charge in [0.1, 0.15) is 6.20 Å². The molecular weight excluding hydrogens is 274 g/mol. The van der Waals surface area contributed by atoms with E-state index in [9.17, 15) is 14.9 Å². The minimum atomic E-state index is -0.543. The predicted molar refractivity (Wildman–Crippen MR) is 78.7 cm³/mol. The number of hydrogen-bond donors (Lipinski definition) is 2. The highest BCUT2D eigenvalue weighted by Gasteiger charge is 2.16. The first kappa shape index (κ1) is 17.1. The van der Waals surface area contributed by atoms with Crippen molar-refractivity contribution in [2.24, 2.45) is 5.73 Å². The van der Waals surface area contributed by atoms with E-state index in [4.69, 9.17) is 5.73 Å². The maximum atomic E-state index is 11.9. The van der Waals surface area contributed by atoms with Gasteiger partial charge in [0, 0.05) is 32.5 Å². The molecule has 118 valence electrons. The minimum absolute atomic E-state index is 0.00401. The third-order valence-electron chi connectivity index (χ3n) is 3.29. The Hall–Kier alpha value is -1.96. The Kier molecular flexibility index (Phi) is 6.80. The summed E-state index contributed by atoms with van der Waals surface area (Å²) in [6.07, 6.45) is 4.55. The van der Waals surface area contributed by atoms with Crippen LogP contribution in [-0.4, -0.2) is 33.0 Å². The molecule has 8 heteroatoms. The predicted octanol–water partition coefficient (Wildman–Crippen LogP) is 1.12. The van der Waals surface area contributed by atoms with Crippen LogP contribution >= 0.6 is 0 Å². The topological polar surface area (TPSA) is 116 Å². The van der Waals surface area contributed by atoms with Gasteiger partial charge < -0.3 is 25.7 Å². The van der Waals surface area contributed by atoms with Gasteiger partial charge in [-0.3, -0.25) is 4.79 Å². The molecule has 0 aromatic carbocycles. The number of carbonyl (C=O) groups excluding carboxylic acids is 1. The number of aromatic nitrogens is 2. The van der Waals surface area contributed by atoms with Gasteiger partial charge in [-0.15, -0.1) is 0 Å². The average Bonchev–Trinajstić information content (AvgIpc) is 2.82. The molecule has 0 spiro atoms. The fourth-order valence-electron chi connectivity index (χ4n) is 2.03. The van der Waals surface area contributed by atoms with Crippen molar-refractivity contribution in [1.29, 1.82) is 0 Å². The smallest absolute Gasteiger partial charge is 0.358 e. The Morgan fingerprint density at radius 3 is 2.86 bits per heavy atom. The lowest BCUT2D eigenvalue weighted by atomic mass is 10.1. The van der Waals surface area contributed by atoms with E-state index in [-0.39, 0.29) is 24.2 Å². The molecule has 0 saturated carbocycles. The van der Waals surface area contributed by atoms with Crippen LogP contribution in [0.5, 0.6) is 0 Å². The van der Waals surface area contributed by atoms with Gasteiger partial charge in [0.25, 0.3) is 0 Å². The van der Waals surface area contributed by atoms with Crippen molar-refractivity contribution in [2.45, 2.75) is 52.1 Å². The zero-order valence-electron chi connectivity index (χ0n) is 12.5. The van der Waals surface area contributed by atoms with E-state index >= 15 is 0 Å². The number of imidazole rings is 1. The lowest BCUT2D eigenvalue weighted by molar-refractivity contribution is -0.389. The summed E-state index contributed by atoms with van der Waals surface area (Å²) in [5.74, 6) is 0.226. The van der Waals surface area contributed by atoms with Crippen LogP contribution in [0.2, 0.25) is 0 Å². The van der Waals surface area contributed by atoms with Crippen LogP contribution in [0.25, 0.3) is 0 Å². The van der Waals surface area contributed by atoms with Crippen molar-refractivity contribution in [3.63, 3.8) is 0 Å². The van der Waals surface area contributed by atoms with E-state index < -0.39 is 4.92 Å². The number of nitrogens with two attached hydrogens (primary N) is 1. The highest BCUT2D eigenvalue weighted by atomic mass is 16.6. The maximum Gasteiger partial charge on any atom is 0.381 e. The molecule has 1 unspecified atom stereocenters. The normalized spacial score (nSPS) is 12.1. The first-order valence-corrected chi connectivity index (χ1v) is 7.15. The maximum absolute atomic E-state index is 11.9. The number of unbranched alkanes of at least 4 members (excludes halogenated alkanes) is 1. The van der Waals surface area contributed by atoms with Gasteiger partial charge in [0.2, 0.25) is 11.7 Å². The summed E-state index contributed by atoms with van der Waals surface area (Å²) in [5, 5.41) is 13.5. The number of nitro groups is 1. The molecular formula is C13H23N5O3. The molecule has 1 atom stereocenters. The second-order valence-corrected chi connectivity index (χ2v) is 4.99. The summed E-state index contributed by atoms with van der Waals surface area (Å²) in [5.41, 5.74) is 5.62. The SMILES string of the molecule is CCCCC(CN)NC(=O)CCn1cc([N+](=O)[O-])nc1C. The quantitative estimate of drug-likeness (QED) is 0.523. The van der Waals surface area contributed by atoms with Gasteiger partial charge >= 0.3 is 5.82 Å². The molecule has 0 aliphatic heterocycles. The summed E-state index contributed by atoms with van der Waals surface area (Å²) in [6.45, 7) is 4.55. The van der Waals surface area contributed by atoms with Crippen LogP contribution in [0.15, 0.2) is 6.20 Å². The van der Waals surface area contributed by atoms with Gasteiger partial charge in [-0.25, -0.2) is 0 Å². The fraction of sp³-hybridized carbons (Fsp3) is 0.692. The average molecular weight is 297 g/mol. The molecule has 21 heavy (non-hydrogen) atoms. The van der Waals surface area contributed by atoms with E-state index in [1.54, 1.807) is 11.5 Å². The Labute approximate surface area is 123 Å². The Balaban J connectivity index is 2.47. The Bertz CT molecular complexity index is 486. The van der Waals surface area contributed by atoms with Gasteiger partial charge in [0.15, 0.2) is 0 Å². The summed E-state index contributed by atoms with van der Waals surface area (Å²) >= 11 is 0. The fourth-order valence-corrected chi connectivity index (χ4v) is 2.03. The minimum Gasteiger partial charge on any atom is -0.358 e. The Morgan fingerprint density at radius 1 is 1.62 bits per heavy atom. The molecule has 3 N–H and O–H groups in total. The molecule has 0 aliphatic carbocycles. The van der Waals surface area contributed by atoms with E-state index in [0.29, 0.717) is 18.9 Å². The number of hydrogen-bond acceptors (Lipinski definition) is 5. The van der Waals surface area contributed by atoms with Crippen molar-refractivity contribution >= 4 is 11.7 Å². The van der Waals surface area contributed by atoms with Gasteiger partial charge in [-0.1, -0.05) is 19.8 Å². The second-order valence-electron chi connectivity index (χ2n) is 4.99. The van der Waals surface area contributed by atoms with Crippen molar-refractivity contribution in [3.8, 4) is 0 Å². The monoisotopic (exact) mass is 297 g/mol. The summed E-state index contributed by atoms with van der Waals surface area (Å²) in [7, 11) is 0. The molecule has 8 nitrogen and oxygen atoms in total. The molecule has 1 aromatic heterocycles. The van der Waals surface area contributed by atoms with Crippen molar-refractivity contribution in [2.75, 3.05) is 6.54 Å². The molecule has 0 fully saturated rings. The number of carbonyl (C=O) groups is 1. The van der Waals surface area contributed by atoms with Crippen molar-refractivity contribution in [1.82, 2.24) is 14.9 Å². The molecule has 0 aliphatic rings. The highest BCUT2D eigenvalue weighted by molar-refractivity contribution is 5.76. The third kappa shape index (κ3) is 5.50. The summed E-state index contributed by atoms with van der Waals surface area (Å²) in [6, 6.07) is -0.00401. The van der Waals surface area contributed by atoms with E-state index in [0.717, 1.165) is 19.3 Å². The molecule has 0 radical (unpaired) electrons. The first-order chi connectivity index (χ1) is 9.97. The van der Waals surface area contributed by atoms with E-state index in [1.807, 2.05) is 0 Å².